The highest BCUT2D eigenvalue weighted by atomic mass is 16.5. The summed E-state index contributed by atoms with van der Waals surface area (Å²) < 4.78 is 11.0. The fourth-order valence-corrected chi connectivity index (χ4v) is 4.60. The first-order valence-corrected chi connectivity index (χ1v) is 9.70. The lowest BCUT2D eigenvalue weighted by atomic mass is 9.78. The van der Waals surface area contributed by atoms with Crippen LogP contribution in [0.1, 0.15) is 38.7 Å². The SMILES string of the molecule is COc1cccc(CN2CCCC3(CCN(CC(C)C)C3)C2=O)c1OC. The molecular weight excluding hydrogens is 328 g/mol. The smallest absolute Gasteiger partial charge is 0.230 e. The van der Waals surface area contributed by atoms with Crippen LogP contribution in [-0.2, 0) is 11.3 Å². The van der Waals surface area contributed by atoms with Crippen molar-refractivity contribution in [2.75, 3.05) is 40.4 Å². The van der Waals surface area contributed by atoms with Crippen molar-refractivity contribution in [1.29, 1.82) is 0 Å². The summed E-state index contributed by atoms with van der Waals surface area (Å²) in [7, 11) is 3.30. The lowest BCUT2D eigenvalue weighted by Gasteiger charge is -2.39. The van der Waals surface area contributed by atoms with Crippen molar-refractivity contribution < 1.29 is 14.3 Å². The van der Waals surface area contributed by atoms with E-state index in [1.165, 1.54) is 0 Å². The molecule has 1 aromatic carbocycles. The number of amides is 1. The Balaban J connectivity index is 1.75. The maximum Gasteiger partial charge on any atom is 0.230 e. The minimum atomic E-state index is -0.181. The second-order valence-corrected chi connectivity index (χ2v) is 8.14. The average molecular weight is 360 g/mol. The molecule has 3 rings (SSSR count). The van der Waals surface area contributed by atoms with E-state index in [0.29, 0.717) is 24.1 Å². The third-order valence-corrected chi connectivity index (χ3v) is 5.73. The van der Waals surface area contributed by atoms with Gasteiger partial charge in [-0.05, 0) is 37.8 Å². The first-order chi connectivity index (χ1) is 12.5. The predicted molar refractivity (Wildman–Crippen MR) is 103 cm³/mol. The van der Waals surface area contributed by atoms with Gasteiger partial charge in [0.05, 0.1) is 19.6 Å². The van der Waals surface area contributed by atoms with E-state index in [9.17, 15) is 4.79 Å². The van der Waals surface area contributed by atoms with E-state index in [1.54, 1.807) is 14.2 Å². The Kier molecular flexibility index (Phi) is 5.76. The zero-order valence-electron chi connectivity index (χ0n) is 16.6. The van der Waals surface area contributed by atoms with Crippen LogP contribution in [0.3, 0.4) is 0 Å². The van der Waals surface area contributed by atoms with Gasteiger partial charge in [-0.3, -0.25) is 4.79 Å². The molecule has 0 N–H and O–H groups in total. The van der Waals surface area contributed by atoms with Crippen molar-refractivity contribution in [3.05, 3.63) is 23.8 Å². The van der Waals surface area contributed by atoms with E-state index in [0.717, 1.165) is 56.8 Å². The highest BCUT2D eigenvalue weighted by molar-refractivity contribution is 5.84. The van der Waals surface area contributed by atoms with Crippen molar-refractivity contribution in [3.8, 4) is 11.5 Å². The maximum absolute atomic E-state index is 13.4. The first kappa shape index (κ1) is 19.0. The van der Waals surface area contributed by atoms with Gasteiger partial charge in [-0.2, -0.15) is 0 Å². The Hall–Kier alpha value is -1.75. The zero-order chi connectivity index (χ0) is 18.7. The van der Waals surface area contributed by atoms with Gasteiger partial charge < -0.3 is 19.3 Å². The summed E-state index contributed by atoms with van der Waals surface area (Å²) in [5, 5.41) is 0. The molecule has 2 fully saturated rings. The van der Waals surface area contributed by atoms with Crippen LogP contribution in [0.2, 0.25) is 0 Å². The van der Waals surface area contributed by atoms with Gasteiger partial charge in [0.1, 0.15) is 0 Å². The Morgan fingerprint density at radius 3 is 2.65 bits per heavy atom. The molecule has 1 atom stereocenters. The molecule has 1 spiro atoms. The Morgan fingerprint density at radius 2 is 1.96 bits per heavy atom. The molecular formula is C21H32N2O3. The summed E-state index contributed by atoms with van der Waals surface area (Å²) in [5.74, 6) is 2.41. The Bertz CT molecular complexity index is 646. The zero-order valence-corrected chi connectivity index (χ0v) is 16.6. The van der Waals surface area contributed by atoms with E-state index in [1.807, 2.05) is 23.1 Å². The van der Waals surface area contributed by atoms with Crippen molar-refractivity contribution in [3.63, 3.8) is 0 Å². The third kappa shape index (κ3) is 3.68. The number of piperidine rings is 1. The summed E-state index contributed by atoms with van der Waals surface area (Å²) in [6, 6.07) is 5.87. The predicted octanol–water partition coefficient (Wildman–Crippen LogP) is 3.17. The minimum Gasteiger partial charge on any atom is -0.493 e. The summed E-state index contributed by atoms with van der Waals surface area (Å²) in [6.45, 7) is 8.94. The average Bonchev–Trinajstić information content (AvgIpc) is 3.01. The van der Waals surface area contributed by atoms with Crippen LogP contribution >= 0.6 is 0 Å². The molecule has 0 bridgehead atoms. The maximum atomic E-state index is 13.4. The van der Waals surface area contributed by atoms with Crippen LogP contribution in [0.5, 0.6) is 11.5 Å². The van der Waals surface area contributed by atoms with E-state index < -0.39 is 0 Å². The van der Waals surface area contributed by atoms with Crippen LogP contribution in [0, 0.1) is 11.3 Å². The Labute approximate surface area is 157 Å². The van der Waals surface area contributed by atoms with E-state index >= 15 is 0 Å². The standard InChI is InChI=1S/C21H32N2O3/c1-16(2)13-22-12-10-21(15-22)9-6-11-23(20(21)24)14-17-7-5-8-18(25-3)19(17)26-4/h5,7-8,16H,6,9-15H2,1-4H3. The number of hydrogen-bond acceptors (Lipinski definition) is 4. The van der Waals surface area contributed by atoms with Gasteiger partial charge in [-0.15, -0.1) is 0 Å². The van der Waals surface area contributed by atoms with Gasteiger partial charge >= 0.3 is 0 Å². The number of hydrogen-bond donors (Lipinski definition) is 0. The number of methoxy groups -OCH3 is 2. The summed E-state index contributed by atoms with van der Waals surface area (Å²) in [6.07, 6.45) is 3.09. The highest BCUT2D eigenvalue weighted by Crippen LogP contribution is 2.41. The lowest BCUT2D eigenvalue weighted by Crippen LogP contribution is -2.49. The number of nitrogens with zero attached hydrogens (tertiary/aromatic N) is 2. The van der Waals surface area contributed by atoms with E-state index in [4.69, 9.17) is 9.47 Å². The summed E-state index contributed by atoms with van der Waals surface area (Å²) in [5.41, 5.74) is 0.827. The second-order valence-electron chi connectivity index (χ2n) is 8.14. The molecule has 2 heterocycles. The van der Waals surface area contributed by atoms with Crippen molar-refractivity contribution in [1.82, 2.24) is 9.80 Å². The molecule has 0 aromatic heterocycles. The van der Waals surface area contributed by atoms with E-state index in [2.05, 4.69) is 18.7 Å². The van der Waals surface area contributed by atoms with Crippen LogP contribution in [0.15, 0.2) is 18.2 Å². The largest absolute Gasteiger partial charge is 0.493 e. The molecule has 1 aromatic rings. The van der Waals surface area contributed by atoms with Gasteiger partial charge in [0.15, 0.2) is 11.5 Å². The molecule has 0 aliphatic carbocycles. The topological polar surface area (TPSA) is 42.0 Å². The lowest BCUT2D eigenvalue weighted by molar-refractivity contribution is -0.146. The summed E-state index contributed by atoms with van der Waals surface area (Å²) >= 11 is 0. The monoisotopic (exact) mass is 360 g/mol. The molecule has 2 saturated heterocycles. The number of benzene rings is 1. The highest BCUT2D eigenvalue weighted by Gasteiger charge is 2.48. The molecule has 2 aliphatic heterocycles. The minimum absolute atomic E-state index is 0.181. The van der Waals surface area contributed by atoms with Gasteiger partial charge in [0, 0.05) is 31.7 Å². The van der Waals surface area contributed by atoms with Crippen molar-refractivity contribution in [2.24, 2.45) is 11.3 Å². The molecule has 0 saturated carbocycles. The fourth-order valence-electron chi connectivity index (χ4n) is 4.60. The fraction of sp³-hybridized carbons (Fsp3) is 0.667. The third-order valence-electron chi connectivity index (χ3n) is 5.73. The number of para-hydroxylation sites is 1. The molecule has 144 valence electrons. The van der Waals surface area contributed by atoms with Gasteiger partial charge in [-0.25, -0.2) is 0 Å². The van der Waals surface area contributed by atoms with Gasteiger partial charge in [-0.1, -0.05) is 26.0 Å². The molecule has 5 heteroatoms. The molecule has 1 unspecified atom stereocenters. The number of carbonyl (C=O) groups is 1. The first-order valence-electron chi connectivity index (χ1n) is 9.70. The molecule has 5 nitrogen and oxygen atoms in total. The number of rotatable bonds is 6. The number of likely N-dealkylation sites (tertiary alicyclic amines) is 2. The van der Waals surface area contributed by atoms with Crippen molar-refractivity contribution >= 4 is 5.91 Å². The van der Waals surface area contributed by atoms with Crippen LogP contribution in [-0.4, -0.2) is 56.1 Å². The molecule has 2 aliphatic rings. The van der Waals surface area contributed by atoms with Crippen LogP contribution < -0.4 is 9.47 Å². The molecule has 26 heavy (non-hydrogen) atoms. The van der Waals surface area contributed by atoms with Crippen LogP contribution in [0.25, 0.3) is 0 Å². The number of ether oxygens (including phenoxy) is 2. The quantitative estimate of drug-likeness (QED) is 0.781. The second kappa shape index (κ2) is 7.87. The van der Waals surface area contributed by atoms with Crippen LogP contribution in [0.4, 0.5) is 0 Å². The summed E-state index contributed by atoms with van der Waals surface area (Å²) in [4.78, 5) is 17.9. The van der Waals surface area contributed by atoms with Gasteiger partial charge in [0.2, 0.25) is 5.91 Å². The Morgan fingerprint density at radius 1 is 1.15 bits per heavy atom. The normalized spacial score (nSPS) is 23.9. The molecule has 1 amide bonds. The number of carbonyl (C=O) groups excluding carboxylic acids is 1. The van der Waals surface area contributed by atoms with Crippen molar-refractivity contribution in [2.45, 2.75) is 39.7 Å². The molecule has 0 radical (unpaired) electrons. The van der Waals surface area contributed by atoms with Gasteiger partial charge in [0.25, 0.3) is 0 Å². The van der Waals surface area contributed by atoms with E-state index in [-0.39, 0.29) is 5.41 Å².